The Morgan fingerprint density at radius 2 is 2.10 bits per heavy atom. The molecule has 1 aromatic carbocycles. The molecule has 0 fully saturated rings. The zero-order valence-corrected chi connectivity index (χ0v) is 11.3. The number of halogens is 1. The molecule has 1 aromatic heterocycles. The molecular weight excluding hydrogens is 280 g/mol. The van der Waals surface area contributed by atoms with E-state index in [2.05, 4.69) is 0 Å². The van der Waals surface area contributed by atoms with Gasteiger partial charge in [-0.1, -0.05) is 17.7 Å². The van der Waals surface area contributed by atoms with Gasteiger partial charge in [0, 0.05) is 23.0 Å². The van der Waals surface area contributed by atoms with Crippen LogP contribution in [0.2, 0.25) is 5.02 Å². The van der Waals surface area contributed by atoms with Crippen molar-refractivity contribution in [3.05, 3.63) is 63.5 Å². The van der Waals surface area contributed by atoms with E-state index in [-0.39, 0.29) is 24.3 Å². The number of aromatic nitrogens is 1. The Kier molecular flexibility index (Phi) is 4.42. The number of benzene rings is 1. The van der Waals surface area contributed by atoms with Crippen molar-refractivity contribution < 1.29 is 9.53 Å². The predicted molar refractivity (Wildman–Crippen MR) is 76.8 cm³/mol. The molecular formula is C14H13ClN2O3. The van der Waals surface area contributed by atoms with Gasteiger partial charge in [-0.05, 0) is 24.3 Å². The van der Waals surface area contributed by atoms with Gasteiger partial charge in [0.2, 0.25) is 0 Å². The smallest absolute Gasteiger partial charge is 0.340 e. The molecule has 0 aliphatic rings. The van der Waals surface area contributed by atoms with Gasteiger partial charge in [0.25, 0.3) is 5.56 Å². The summed E-state index contributed by atoms with van der Waals surface area (Å²) in [6.45, 7) is 0.362. The van der Waals surface area contributed by atoms with E-state index < -0.39 is 5.97 Å². The number of hydrogen-bond donors (Lipinski definition) is 1. The minimum absolute atomic E-state index is 0.0781. The van der Waals surface area contributed by atoms with Gasteiger partial charge in [0.1, 0.15) is 6.61 Å². The molecule has 104 valence electrons. The van der Waals surface area contributed by atoms with Crippen LogP contribution in [0.3, 0.4) is 0 Å². The summed E-state index contributed by atoms with van der Waals surface area (Å²) >= 11 is 5.80. The molecule has 2 aromatic rings. The molecule has 5 nitrogen and oxygen atoms in total. The summed E-state index contributed by atoms with van der Waals surface area (Å²) in [4.78, 5) is 23.3. The third-order valence-electron chi connectivity index (χ3n) is 2.70. The van der Waals surface area contributed by atoms with Crippen molar-refractivity contribution in [1.29, 1.82) is 0 Å². The molecule has 20 heavy (non-hydrogen) atoms. The van der Waals surface area contributed by atoms with Gasteiger partial charge < -0.3 is 15.0 Å². The van der Waals surface area contributed by atoms with Gasteiger partial charge in [-0.25, -0.2) is 4.79 Å². The van der Waals surface area contributed by atoms with Gasteiger partial charge in [-0.2, -0.15) is 0 Å². The molecule has 0 saturated carbocycles. The maximum atomic E-state index is 11.8. The number of hydrogen-bond acceptors (Lipinski definition) is 4. The minimum Gasteiger partial charge on any atom is -0.460 e. The molecule has 0 aliphatic carbocycles. The van der Waals surface area contributed by atoms with Crippen LogP contribution in [0.5, 0.6) is 0 Å². The average molecular weight is 293 g/mol. The number of pyridine rings is 1. The monoisotopic (exact) mass is 292 g/mol. The van der Waals surface area contributed by atoms with Crippen LogP contribution in [0.1, 0.15) is 10.4 Å². The molecule has 0 radical (unpaired) electrons. The largest absolute Gasteiger partial charge is 0.460 e. The van der Waals surface area contributed by atoms with E-state index in [0.717, 1.165) is 0 Å². The fourth-order valence-corrected chi connectivity index (χ4v) is 1.84. The van der Waals surface area contributed by atoms with Crippen LogP contribution >= 0.6 is 11.6 Å². The van der Waals surface area contributed by atoms with Crippen LogP contribution in [-0.4, -0.2) is 17.1 Å². The summed E-state index contributed by atoms with van der Waals surface area (Å²) in [6, 6.07) is 9.41. The lowest BCUT2D eigenvalue weighted by atomic mass is 10.2. The predicted octanol–water partition coefficient (Wildman–Crippen LogP) is 1.94. The third-order valence-corrected chi connectivity index (χ3v) is 2.93. The quantitative estimate of drug-likeness (QED) is 0.690. The second-order valence-electron chi connectivity index (χ2n) is 4.10. The highest BCUT2D eigenvalue weighted by atomic mass is 35.5. The number of nitrogens with two attached hydrogens (primary N) is 1. The first-order chi connectivity index (χ1) is 9.58. The van der Waals surface area contributed by atoms with Gasteiger partial charge in [-0.3, -0.25) is 4.79 Å². The summed E-state index contributed by atoms with van der Waals surface area (Å²) in [7, 11) is 0. The van der Waals surface area contributed by atoms with E-state index in [1.54, 1.807) is 30.5 Å². The lowest BCUT2D eigenvalue weighted by Gasteiger charge is -2.08. The van der Waals surface area contributed by atoms with Gasteiger partial charge in [0.05, 0.1) is 12.1 Å². The fraction of sp³-hybridized carbons (Fsp3) is 0.143. The Labute approximate surface area is 120 Å². The van der Waals surface area contributed by atoms with Crippen molar-refractivity contribution in [2.24, 2.45) is 0 Å². The lowest BCUT2D eigenvalue weighted by molar-refractivity contribution is 0.0491. The van der Waals surface area contributed by atoms with E-state index in [1.807, 2.05) is 0 Å². The molecule has 6 heteroatoms. The molecule has 2 N–H and O–H groups in total. The van der Waals surface area contributed by atoms with E-state index in [0.29, 0.717) is 10.7 Å². The zero-order valence-electron chi connectivity index (χ0n) is 10.6. The third kappa shape index (κ3) is 3.39. The van der Waals surface area contributed by atoms with Crippen LogP contribution < -0.4 is 11.3 Å². The van der Waals surface area contributed by atoms with E-state index in [1.165, 1.54) is 16.7 Å². The maximum Gasteiger partial charge on any atom is 0.340 e. The summed E-state index contributed by atoms with van der Waals surface area (Å²) in [6.07, 6.45) is 1.63. The van der Waals surface area contributed by atoms with Gasteiger partial charge in [0.15, 0.2) is 0 Å². The molecule has 0 atom stereocenters. The molecule has 0 bridgehead atoms. The Bertz CT molecular complexity index is 682. The Balaban J connectivity index is 1.98. The second-order valence-corrected chi connectivity index (χ2v) is 4.54. The van der Waals surface area contributed by atoms with E-state index >= 15 is 0 Å². The summed E-state index contributed by atoms with van der Waals surface area (Å²) in [5, 5.41) is 0.408. The number of ether oxygens (including phenoxy) is 1. The zero-order chi connectivity index (χ0) is 14.5. The van der Waals surface area contributed by atoms with Crippen LogP contribution in [0.25, 0.3) is 0 Å². The Morgan fingerprint density at radius 1 is 1.30 bits per heavy atom. The summed E-state index contributed by atoms with van der Waals surface area (Å²) in [5.41, 5.74) is 6.06. The van der Waals surface area contributed by atoms with Crippen LogP contribution in [0.15, 0.2) is 47.4 Å². The van der Waals surface area contributed by atoms with Gasteiger partial charge in [-0.15, -0.1) is 0 Å². The number of nitrogens with zero attached hydrogens (tertiary/aromatic N) is 1. The fourth-order valence-electron chi connectivity index (χ4n) is 1.67. The number of carbonyl (C=O) groups is 1. The van der Waals surface area contributed by atoms with E-state index in [9.17, 15) is 9.59 Å². The molecule has 2 rings (SSSR count). The molecule has 0 unspecified atom stereocenters. The van der Waals surface area contributed by atoms with Crippen molar-refractivity contribution in [2.45, 2.75) is 6.54 Å². The van der Waals surface area contributed by atoms with Crippen molar-refractivity contribution >= 4 is 23.3 Å². The minimum atomic E-state index is -0.561. The first kappa shape index (κ1) is 14.1. The van der Waals surface area contributed by atoms with Crippen molar-refractivity contribution in [3.8, 4) is 0 Å². The topological polar surface area (TPSA) is 74.3 Å². The number of anilines is 1. The second kappa shape index (κ2) is 6.25. The first-order valence-corrected chi connectivity index (χ1v) is 6.33. The van der Waals surface area contributed by atoms with Crippen LogP contribution in [0, 0.1) is 0 Å². The molecule has 0 spiro atoms. The van der Waals surface area contributed by atoms with Crippen LogP contribution in [0.4, 0.5) is 5.69 Å². The van der Waals surface area contributed by atoms with Crippen molar-refractivity contribution in [2.75, 3.05) is 12.3 Å². The normalized spacial score (nSPS) is 10.2. The number of nitrogen functional groups attached to an aromatic ring is 1. The average Bonchev–Trinajstić information content (AvgIpc) is 2.43. The molecule has 0 aliphatic heterocycles. The first-order valence-electron chi connectivity index (χ1n) is 5.95. The Morgan fingerprint density at radius 3 is 2.85 bits per heavy atom. The highest BCUT2D eigenvalue weighted by Gasteiger charge is 2.11. The van der Waals surface area contributed by atoms with Crippen LogP contribution in [-0.2, 0) is 11.3 Å². The highest BCUT2D eigenvalue weighted by molar-refractivity contribution is 6.31. The SMILES string of the molecule is Nc1ccc(Cl)cc1C(=O)OCCn1ccccc1=O. The molecule has 0 saturated heterocycles. The van der Waals surface area contributed by atoms with Crippen molar-refractivity contribution in [1.82, 2.24) is 4.57 Å². The van der Waals surface area contributed by atoms with Gasteiger partial charge >= 0.3 is 5.97 Å². The van der Waals surface area contributed by atoms with Crippen molar-refractivity contribution in [3.63, 3.8) is 0 Å². The number of rotatable bonds is 4. The molecule has 0 amide bonds. The Hall–Kier alpha value is -2.27. The van der Waals surface area contributed by atoms with E-state index in [4.69, 9.17) is 22.1 Å². The maximum absolute atomic E-state index is 11.8. The number of esters is 1. The summed E-state index contributed by atoms with van der Waals surface area (Å²) < 4.78 is 6.54. The summed E-state index contributed by atoms with van der Waals surface area (Å²) in [5.74, 6) is -0.561. The number of carbonyl (C=O) groups excluding carboxylic acids is 1. The highest BCUT2D eigenvalue weighted by Crippen LogP contribution is 2.18. The lowest BCUT2D eigenvalue weighted by Crippen LogP contribution is -2.21. The molecule has 1 heterocycles. The standard InChI is InChI=1S/C14H13ClN2O3/c15-10-4-5-12(16)11(9-10)14(19)20-8-7-17-6-2-1-3-13(17)18/h1-6,9H,7-8,16H2.